The van der Waals surface area contributed by atoms with Gasteiger partial charge < -0.3 is 10.2 Å². The third-order valence-electron chi connectivity index (χ3n) is 5.35. The number of sulfonamides is 1. The summed E-state index contributed by atoms with van der Waals surface area (Å²) in [5, 5.41) is 2.72. The van der Waals surface area contributed by atoms with Gasteiger partial charge in [0.05, 0.1) is 11.9 Å². The van der Waals surface area contributed by atoms with Gasteiger partial charge in [-0.1, -0.05) is 30.3 Å². The lowest BCUT2D eigenvalue weighted by molar-refractivity contribution is -0.139. The van der Waals surface area contributed by atoms with Gasteiger partial charge in [0.25, 0.3) is 0 Å². The lowest BCUT2D eigenvalue weighted by atomic mass is 10.1. The molecule has 0 aliphatic carbocycles. The summed E-state index contributed by atoms with van der Waals surface area (Å²) in [5.41, 5.74) is 0.996. The number of amides is 2. The number of carbonyl (C=O) groups is 2. The molecular weight excluding hydrogens is 464 g/mol. The van der Waals surface area contributed by atoms with Crippen molar-refractivity contribution in [3.05, 3.63) is 65.7 Å². The second kappa shape index (κ2) is 12.5. The number of nitrogens with one attached hydrogen (secondary N) is 1. The number of nitrogens with zero attached hydrogens (tertiary/aromatic N) is 2. The summed E-state index contributed by atoms with van der Waals surface area (Å²) in [5.74, 6) is -2.82. The predicted octanol–water partition coefficient (Wildman–Crippen LogP) is 3.11. The molecule has 0 saturated heterocycles. The van der Waals surface area contributed by atoms with E-state index < -0.39 is 27.7 Å². The van der Waals surface area contributed by atoms with E-state index in [4.69, 9.17) is 0 Å². The minimum atomic E-state index is -3.79. The average molecular weight is 496 g/mol. The summed E-state index contributed by atoms with van der Waals surface area (Å²) in [4.78, 5) is 26.9. The van der Waals surface area contributed by atoms with Crippen LogP contribution in [0, 0.1) is 11.6 Å². The minimum Gasteiger partial charge on any atom is -0.355 e. The van der Waals surface area contributed by atoms with Gasteiger partial charge in [0.2, 0.25) is 21.8 Å². The molecule has 0 saturated carbocycles. The number of carbonyl (C=O) groups excluding carboxylic acids is 2. The van der Waals surface area contributed by atoms with Gasteiger partial charge in [0, 0.05) is 32.1 Å². The maximum Gasteiger partial charge on any atom is 0.242 e. The van der Waals surface area contributed by atoms with E-state index in [1.165, 1.54) is 11.0 Å². The number of halogens is 2. The number of hydrogen-bond acceptors (Lipinski definition) is 4. The Balaban J connectivity index is 2.11. The Morgan fingerprint density at radius 3 is 2.29 bits per heavy atom. The van der Waals surface area contributed by atoms with Crippen molar-refractivity contribution in [2.45, 2.75) is 39.2 Å². The molecule has 0 spiro atoms. The van der Waals surface area contributed by atoms with E-state index >= 15 is 0 Å². The first kappa shape index (κ1) is 27.2. The van der Waals surface area contributed by atoms with Gasteiger partial charge >= 0.3 is 0 Å². The highest BCUT2D eigenvalue weighted by atomic mass is 32.2. The largest absolute Gasteiger partial charge is 0.355 e. The molecular formula is C24H31F2N3O4S. The molecule has 0 radical (unpaired) electrons. The zero-order valence-corrected chi connectivity index (χ0v) is 20.4. The molecule has 0 heterocycles. The van der Waals surface area contributed by atoms with Crippen LogP contribution in [0.25, 0.3) is 0 Å². The normalized spacial score (nSPS) is 12.1. The molecule has 1 atom stereocenters. The van der Waals surface area contributed by atoms with E-state index in [0.717, 1.165) is 28.3 Å². The number of likely N-dealkylation sites (N-methyl/N-ethyl adjacent to an activating group) is 1. The van der Waals surface area contributed by atoms with Gasteiger partial charge in [-0.05, 0) is 44.4 Å². The van der Waals surface area contributed by atoms with Crippen molar-refractivity contribution in [1.29, 1.82) is 0 Å². The molecule has 34 heavy (non-hydrogen) atoms. The van der Waals surface area contributed by atoms with Crippen LogP contribution in [0.2, 0.25) is 0 Å². The predicted molar refractivity (Wildman–Crippen MR) is 128 cm³/mol. The van der Waals surface area contributed by atoms with E-state index in [2.05, 4.69) is 5.32 Å². The first-order valence-corrected chi connectivity index (χ1v) is 12.9. The van der Waals surface area contributed by atoms with Gasteiger partial charge in [-0.2, -0.15) is 0 Å². The molecule has 0 unspecified atom stereocenters. The maximum atomic E-state index is 13.6. The average Bonchev–Trinajstić information content (AvgIpc) is 2.78. The van der Waals surface area contributed by atoms with Crippen LogP contribution in [0.3, 0.4) is 0 Å². The molecule has 0 bridgehead atoms. The lowest BCUT2D eigenvalue weighted by Crippen LogP contribution is -2.48. The second-order valence-corrected chi connectivity index (χ2v) is 9.84. The van der Waals surface area contributed by atoms with Gasteiger partial charge in [-0.3, -0.25) is 13.9 Å². The van der Waals surface area contributed by atoms with E-state index in [0.29, 0.717) is 19.5 Å². The number of hydrogen-bond donors (Lipinski definition) is 1. The Bertz CT molecular complexity index is 1080. The Morgan fingerprint density at radius 2 is 1.71 bits per heavy atom. The van der Waals surface area contributed by atoms with Crippen LogP contribution in [0.1, 0.15) is 32.3 Å². The molecule has 2 amide bonds. The Labute approximate surface area is 199 Å². The first-order valence-electron chi connectivity index (χ1n) is 11.1. The fourth-order valence-corrected chi connectivity index (χ4v) is 4.49. The lowest BCUT2D eigenvalue weighted by Gasteiger charge is -2.29. The highest BCUT2D eigenvalue weighted by Crippen LogP contribution is 2.21. The van der Waals surface area contributed by atoms with Crippen LogP contribution in [0.15, 0.2) is 48.5 Å². The quantitative estimate of drug-likeness (QED) is 0.490. The van der Waals surface area contributed by atoms with Crippen molar-refractivity contribution in [3.63, 3.8) is 0 Å². The molecule has 7 nitrogen and oxygen atoms in total. The third-order valence-corrected chi connectivity index (χ3v) is 6.54. The summed E-state index contributed by atoms with van der Waals surface area (Å²) in [6.45, 7) is 4.09. The van der Waals surface area contributed by atoms with Crippen LogP contribution in [-0.4, -0.2) is 57.1 Å². The standard InChI is InChI=1S/C24H31F2N3O4S/c1-4-27-24(31)18(2)28(16-14-19-9-6-5-7-10-19)23(30)11-8-15-29(34(3,32)33)20-12-13-21(25)22(26)17-20/h5-7,9-10,12-13,17-18H,4,8,11,14-16H2,1-3H3,(H,27,31)/t18-/m1/s1. The highest BCUT2D eigenvalue weighted by Gasteiger charge is 2.26. The zero-order chi connectivity index (χ0) is 25.3. The van der Waals surface area contributed by atoms with Crippen molar-refractivity contribution in [1.82, 2.24) is 10.2 Å². The highest BCUT2D eigenvalue weighted by molar-refractivity contribution is 7.92. The SMILES string of the molecule is CCNC(=O)[C@@H](C)N(CCc1ccccc1)C(=O)CCCN(c1ccc(F)c(F)c1)S(C)(=O)=O. The monoisotopic (exact) mass is 495 g/mol. The van der Waals surface area contributed by atoms with E-state index in [9.17, 15) is 26.8 Å². The molecule has 0 fully saturated rings. The molecule has 2 aromatic rings. The van der Waals surface area contributed by atoms with Crippen molar-refractivity contribution < 1.29 is 26.8 Å². The van der Waals surface area contributed by atoms with E-state index in [1.807, 2.05) is 30.3 Å². The van der Waals surface area contributed by atoms with Crippen LogP contribution in [0.4, 0.5) is 14.5 Å². The molecule has 2 aromatic carbocycles. The zero-order valence-electron chi connectivity index (χ0n) is 19.6. The maximum absolute atomic E-state index is 13.6. The van der Waals surface area contributed by atoms with Crippen LogP contribution in [0.5, 0.6) is 0 Å². The smallest absolute Gasteiger partial charge is 0.242 e. The molecule has 1 N–H and O–H groups in total. The first-order chi connectivity index (χ1) is 16.0. The number of anilines is 1. The van der Waals surface area contributed by atoms with E-state index in [-0.39, 0.29) is 36.9 Å². The molecule has 0 aliphatic rings. The summed E-state index contributed by atoms with van der Waals surface area (Å²) >= 11 is 0. The van der Waals surface area contributed by atoms with Crippen molar-refractivity contribution in [2.24, 2.45) is 0 Å². The van der Waals surface area contributed by atoms with Crippen LogP contribution >= 0.6 is 0 Å². The van der Waals surface area contributed by atoms with Crippen molar-refractivity contribution in [3.8, 4) is 0 Å². The third kappa shape index (κ3) is 7.79. The molecule has 10 heteroatoms. The molecule has 0 aromatic heterocycles. The summed E-state index contributed by atoms with van der Waals surface area (Å²) < 4.78 is 52.3. The summed E-state index contributed by atoms with van der Waals surface area (Å²) in [7, 11) is -3.79. The van der Waals surface area contributed by atoms with Gasteiger partial charge in [0.15, 0.2) is 11.6 Å². The molecule has 0 aliphatic heterocycles. The van der Waals surface area contributed by atoms with Crippen LogP contribution in [-0.2, 0) is 26.0 Å². The Hall–Kier alpha value is -3.01. The van der Waals surface area contributed by atoms with Gasteiger partial charge in [-0.25, -0.2) is 17.2 Å². The summed E-state index contributed by atoms with van der Waals surface area (Å²) in [6, 6.07) is 11.7. The van der Waals surface area contributed by atoms with Gasteiger partial charge in [-0.15, -0.1) is 0 Å². The van der Waals surface area contributed by atoms with Gasteiger partial charge in [0.1, 0.15) is 6.04 Å². The molecule has 186 valence electrons. The minimum absolute atomic E-state index is 0.0196. The number of benzene rings is 2. The van der Waals surface area contributed by atoms with Crippen molar-refractivity contribution in [2.75, 3.05) is 30.2 Å². The van der Waals surface area contributed by atoms with Crippen LogP contribution < -0.4 is 9.62 Å². The fourth-order valence-electron chi connectivity index (χ4n) is 3.54. The summed E-state index contributed by atoms with van der Waals surface area (Å²) in [6.07, 6.45) is 1.63. The Kier molecular flexibility index (Phi) is 9.97. The topological polar surface area (TPSA) is 86.8 Å². The van der Waals surface area contributed by atoms with Crippen molar-refractivity contribution >= 4 is 27.5 Å². The number of rotatable bonds is 12. The van der Waals surface area contributed by atoms with E-state index in [1.54, 1.807) is 13.8 Å². The second-order valence-electron chi connectivity index (χ2n) is 7.93. The Morgan fingerprint density at radius 1 is 1.03 bits per heavy atom. The molecule has 2 rings (SSSR count). The fraction of sp³-hybridized carbons (Fsp3) is 0.417.